The first-order valence-corrected chi connectivity index (χ1v) is 7.72. The molecule has 0 aliphatic rings. The number of hydrogen-bond acceptors (Lipinski definition) is 5. The molecule has 2 N–H and O–H groups in total. The summed E-state index contributed by atoms with van der Waals surface area (Å²) in [7, 11) is 0. The zero-order chi connectivity index (χ0) is 13.0. The van der Waals surface area contributed by atoms with Gasteiger partial charge in [0.15, 0.2) is 4.34 Å². The maximum atomic E-state index is 5.63. The molecule has 0 aliphatic carbocycles. The lowest BCUT2D eigenvalue weighted by atomic mass is 10.1. The average Bonchev–Trinajstić information content (AvgIpc) is 2.85. The van der Waals surface area contributed by atoms with E-state index in [0.717, 1.165) is 22.3 Å². The minimum atomic E-state index is 0.602. The van der Waals surface area contributed by atoms with Crippen LogP contribution in [0.5, 0.6) is 0 Å². The van der Waals surface area contributed by atoms with E-state index in [9.17, 15) is 0 Å². The second-order valence-electron chi connectivity index (χ2n) is 4.08. The number of nitrogens with two attached hydrogens (primary N) is 1. The summed E-state index contributed by atoms with van der Waals surface area (Å²) >= 11 is 3.24. The highest BCUT2D eigenvalue weighted by atomic mass is 32.2. The number of aryl methyl sites for hydroxylation is 2. The van der Waals surface area contributed by atoms with Crippen LogP contribution in [0.3, 0.4) is 0 Å². The number of benzene rings is 1. The number of thioether (sulfide) groups is 1. The Morgan fingerprint density at radius 3 is 2.83 bits per heavy atom. The summed E-state index contributed by atoms with van der Waals surface area (Å²) in [5.41, 5.74) is 9.45. The maximum absolute atomic E-state index is 5.63. The predicted molar refractivity (Wildman–Crippen MR) is 77.9 cm³/mol. The summed E-state index contributed by atoms with van der Waals surface area (Å²) < 4.78 is 5.34. The Morgan fingerprint density at radius 1 is 1.39 bits per heavy atom. The molecule has 0 unspecified atom stereocenters. The largest absolute Gasteiger partial charge is 0.326 e. The monoisotopic (exact) mass is 279 g/mol. The van der Waals surface area contributed by atoms with Gasteiger partial charge in [-0.3, -0.25) is 0 Å². The zero-order valence-electron chi connectivity index (χ0n) is 10.6. The Bertz CT molecular complexity index is 523. The Balaban J connectivity index is 2.01. The van der Waals surface area contributed by atoms with Crippen LogP contribution in [0.25, 0.3) is 0 Å². The van der Waals surface area contributed by atoms with Crippen LogP contribution < -0.4 is 5.73 Å². The van der Waals surface area contributed by atoms with Crippen LogP contribution >= 0.6 is 23.3 Å². The van der Waals surface area contributed by atoms with Gasteiger partial charge in [-0.05, 0) is 35.1 Å². The highest BCUT2D eigenvalue weighted by molar-refractivity contribution is 8.00. The molecule has 0 radical (unpaired) electrons. The van der Waals surface area contributed by atoms with E-state index < -0.39 is 0 Å². The van der Waals surface area contributed by atoms with Gasteiger partial charge in [-0.25, -0.2) is 4.98 Å². The van der Waals surface area contributed by atoms with Crippen molar-refractivity contribution in [2.75, 3.05) is 0 Å². The molecule has 2 aromatic rings. The molecule has 0 saturated carbocycles. The van der Waals surface area contributed by atoms with Crippen molar-refractivity contribution in [1.29, 1.82) is 0 Å². The minimum Gasteiger partial charge on any atom is -0.326 e. The van der Waals surface area contributed by atoms with Crippen molar-refractivity contribution >= 4 is 23.3 Å². The standard InChI is InChI=1S/C13H17N3S2/c1-3-12-15-13(18-16-12)17-8-11-5-4-10(7-14)6-9(11)2/h4-6H,3,7-8,14H2,1-2H3. The Hall–Kier alpha value is -0.910. The molecular formula is C13H17N3S2. The molecule has 96 valence electrons. The van der Waals surface area contributed by atoms with Crippen LogP contribution in [-0.4, -0.2) is 9.36 Å². The highest BCUT2D eigenvalue weighted by Crippen LogP contribution is 2.26. The second kappa shape index (κ2) is 6.31. The average molecular weight is 279 g/mol. The van der Waals surface area contributed by atoms with Gasteiger partial charge in [0.25, 0.3) is 0 Å². The first kappa shape index (κ1) is 13.5. The van der Waals surface area contributed by atoms with Crippen LogP contribution in [0.4, 0.5) is 0 Å². The van der Waals surface area contributed by atoms with Gasteiger partial charge >= 0.3 is 0 Å². The van der Waals surface area contributed by atoms with E-state index >= 15 is 0 Å². The van der Waals surface area contributed by atoms with Crippen molar-refractivity contribution in [1.82, 2.24) is 9.36 Å². The van der Waals surface area contributed by atoms with Gasteiger partial charge in [-0.2, -0.15) is 4.37 Å². The van der Waals surface area contributed by atoms with E-state index in [-0.39, 0.29) is 0 Å². The third-order valence-corrected chi connectivity index (χ3v) is 4.68. The first-order valence-electron chi connectivity index (χ1n) is 5.96. The summed E-state index contributed by atoms with van der Waals surface area (Å²) in [5, 5.41) is 0. The van der Waals surface area contributed by atoms with Crippen molar-refractivity contribution in [2.45, 2.75) is 36.9 Å². The summed E-state index contributed by atoms with van der Waals surface area (Å²) in [6.45, 7) is 4.81. The molecule has 0 saturated heterocycles. The summed E-state index contributed by atoms with van der Waals surface area (Å²) in [4.78, 5) is 4.46. The van der Waals surface area contributed by atoms with Crippen molar-refractivity contribution in [3.8, 4) is 0 Å². The molecule has 1 aromatic carbocycles. The van der Waals surface area contributed by atoms with E-state index in [1.54, 1.807) is 11.8 Å². The first-order chi connectivity index (χ1) is 8.72. The number of hydrogen-bond donors (Lipinski definition) is 1. The van der Waals surface area contributed by atoms with Gasteiger partial charge in [0.1, 0.15) is 5.82 Å². The molecule has 0 atom stereocenters. The maximum Gasteiger partial charge on any atom is 0.170 e. The second-order valence-corrected chi connectivity index (χ2v) is 6.06. The molecular weight excluding hydrogens is 262 g/mol. The molecule has 3 nitrogen and oxygen atoms in total. The van der Waals surface area contributed by atoms with E-state index in [0.29, 0.717) is 6.54 Å². The molecule has 0 amide bonds. The molecule has 0 bridgehead atoms. The van der Waals surface area contributed by atoms with Crippen molar-refractivity contribution in [3.63, 3.8) is 0 Å². The van der Waals surface area contributed by atoms with Crippen LogP contribution in [0, 0.1) is 6.92 Å². The van der Waals surface area contributed by atoms with Crippen molar-refractivity contribution in [2.24, 2.45) is 5.73 Å². The molecule has 2 rings (SSSR count). The van der Waals surface area contributed by atoms with Gasteiger partial charge in [-0.1, -0.05) is 36.9 Å². The lowest BCUT2D eigenvalue weighted by Gasteiger charge is -2.06. The molecule has 5 heteroatoms. The number of rotatable bonds is 5. The van der Waals surface area contributed by atoms with Gasteiger partial charge in [0, 0.05) is 18.7 Å². The van der Waals surface area contributed by atoms with Crippen molar-refractivity contribution in [3.05, 3.63) is 40.7 Å². The molecule has 0 spiro atoms. The Morgan fingerprint density at radius 2 is 2.22 bits per heavy atom. The van der Waals surface area contributed by atoms with Gasteiger partial charge < -0.3 is 5.73 Å². The van der Waals surface area contributed by atoms with Crippen LogP contribution in [0.1, 0.15) is 29.4 Å². The van der Waals surface area contributed by atoms with Crippen LogP contribution in [0.2, 0.25) is 0 Å². The van der Waals surface area contributed by atoms with Crippen molar-refractivity contribution < 1.29 is 0 Å². The lowest BCUT2D eigenvalue weighted by Crippen LogP contribution is -1.97. The Labute approximate surface area is 116 Å². The highest BCUT2D eigenvalue weighted by Gasteiger charge is 2.05. The zero-order valence-corrected chi connectivity index (χ0v) is 12.3. The van der Waals surface area contributed by atoms with Crippen LogP contribution in [0.15, 0.2) is 22.5 Å². The third-order valence-electron chi connectivity index (χ3n) is 2.76. The fourth-order valence-electron chi connectivity index (χ4n) is 1.63. The van der Waals surface area contributed by atoms with E-state index in [1.165, 1.54) is 28.2 Å². The van der Waals surface area contributed by atoms with Gasteiger partial charge in [-0.15, -0.1) is 0 Å². The lowest BCUT2D eigenvalue weighted by molar-refractivity contribution is 0.971. The Kier molecular flexibility index (Phi) is 4.74. The number of aromatic nitrogens is 2. The quantitative estimate of drug-likeness (QED) is 0.854. The van der Waals surface area contributed by atoms with Gasteiger partial charge in [0.2, 0.25) is 0 Å². The van der Waals surface area contributed by atoms with E-state index in [2.05, 4.69) is 41.4 Å². The SMILES string of the molecule is CCc1nsc(SCc2ccc(CN)cc2C)n1. The van der Waals surface area contributed by atoms with E-state index in [4.69, 9.17) is 5.73 Å². The minimum absolute atomic E-state index is 0.602. The molecule has 0 fully saturated rings. The fourth-order valence-corrected chi connectivity index (χ4v) is 3.40. The predicted octanol–water partition coefficient (Wildman–Crippen LogP) is 3.16. The van der Waals surface area contributed by atoms with Gasteiger partial charge in [0.05, 0.1) is 0 Å². The van der Waals surface area contributed by atoms with E-state index in [1.807, 2.05) is 0 Å². The molecule has 1 heterocycles. The topological polar surface area (TPSA) is 51.8 Å². The summed E-state index contributed by atoms with van der Waals surface area (Å²) in [5.74, 6) is 1.88. The fraction of sp³-hybridized carbons (Fsp3) is 0.385. The van der Waals surface area contributed by atoms with Crippen LogP contribution in [-0.2, 0) is 18.7 Å². The molecule has 1 aromatic heterocycles. The summed E-state index contributed by atoms with van der Waals surface area (Å²) in [6.07, 6.45) is 0.904. The molecule has 18 heavy (non-hydrogen) atoms. The smallest absolute Gasteiger partial charge is 0.170 e. The third kappa shape index (κ3) is 3.31. The summed E-state index contributed by atoms with van der Waals surface area (Å²) in [6, 6.07) is 6.42. The normalized spacial score (nSPS) is 10.8. The number of nitrogens with zero attached hydrogens (tertiary/aromatic N) is 2. The molecule has 0 aliphatic heterocycles.